The van der Waals surface area contributed by atoms with Gasteiger partial charge in [-0.1, -0.05) is 15.9 Å². The molecule has 0 fully saturated rings. The standard InChI is InChI=1S/C12H12BrF4NO2/c13-7-5-9-8(19-2-1-3-20-9)4-6(7)10(18)12(16,17)11(14)15/h4-5,10-11H,1-3,18H2. The van der Waals surface area contributed by atoms with E-state index in [2.05, 4.69) is 15.9 Å². The Bertz CT molecular complexity index is 499. The minimum Gasteiger partial charge on any atom is -0.490 e. The molecular weight excluding hydrogens is 346 g/mol. The summed E-state index contributed by atoms with van der Waals surface area (Å²) in [6, 6.07) is 0.470. The zero-order chi connectivity index (χ0) is 14.9. The molecule has 112 valence electrons. The van der Waals surface area contributed by atoms with E-state index >= 15 is 0 Å². The molecule has 0 bridgehead atoms. The normalized spacial score (nSPS) is 16.9. The van der Waals surface area contributed by atoms with Crippen LogP contribution in [-0.4, -0.2) is 25.6 Å². The highest BCUT2D eigenvalue weighted by Crippen LogP contribution is 2.42. The van der Waals surface area contributed by atoms with Gasteiger partial charge in [0.05, 0.1) is 13.2 Å². The molecule has 0 saturated carbocycles. The van der Waals surface area contributed by atoms with Crippen molar-refractivity contribution in [3.05, 3.63) is 22.2 Å². The molecule has 0 radical (unpaired) electrons. The van der Waals surface area contributed by atoms with Gasteiger partial charge in [0.15, 0.2) is 11.5 Å². The number of nitrogens with two attached hydrogens (primary N) is 1. The van der Waals surface area contributed by atoms with Gasteiger partial charge in [0.25, 0.3) is 0 Å². The zero-order valence-corrected chi connectivity index (χ0v) is 11.8. The Hall–Kier alpha value is -1.02. The van der Waals surface area contributed by atoms with Crippen molar-refractivity contribution in [2.24, 2.45) is 5.73 Å². The second kappa shape index (κ2) is 5.77. The Morgan fingerprint density at radius 3 is 2.25 bits per heavy atom. The smallest absolute Gasteiger partial charge is 0.326 e. The zero-order valence-electron chi connectivity index (χ0n) is 10.2. The average molecular weight is 358 g/mol. The van der Waals surface area contributed by atoms with Gasteiger partial charge in [0.2, 0.25) is 0 Å². The van der Waals surface area contributed by atoms with Crippen molar-refractivity contribution < 1.29 is 27.0 Å². The Morgan fingerprint density at radius 1 is 1.15 bits per heavy atom. The summed E-state index contributed by atoms with van der Waals surface area (Å²) in [6.45, 7) is 0.784. The fraction of sp³-hybridized carbons (Fsp3) is 0.500. The molecule has 20 heavy (non-hydrogen) atoms. The third kappa shape index (κ3) is 2.85. The summed E-state index contributed by atoms with van der Waals surface area (Å²) in [7, 11) is 0. The fourth-order valence-corrected chi connectivity index (χ4v) is 2.35. The van der Waals surface area contributed by atoms with E-state index in [-0.39, 0.29) is 15.8 Å². The van der Waals surface area contributed by atoms with Gasteiger partial charge in [-0.05, 0) is 17.7 Å². The van der Waals surface area contributed by atoms with Crippen LogP contribution in [-0.2, 0) is 0 Å². The van der Waals surface area contributed by atoms with Crippen LogP contribution in [0.5, 0.6) is 11.5 Å². The predicted octanol–water partition coefficient (Wildman–Crippen LogP) is 3.51. The molecule has 1 aliphatic rings. The van der Waals surface area contributed by atoms with Gasteiger partial charge >= 0.3 is 12.3 Å². The first-order valence-electron chi connectivity index (χ1n) is 5.84. The van der Waals surface area contributed by atoms with Gasteiger partial charge in [-0.3, -0.25) is 0 Å². The van der Waals surface area contributed by atoms with E-state index in [0.29, 0.717) is 25.4 Å². The number of hydrogen-bond donors (Lipinski definition) is 1. The maximum absolute atomic E-state index is 13.4. The van der Waals surface area contributed by atoms with Crippen LogP contribution >= 0.6 is 15.9 Å². The quantitative estimate of drug-likeness (QED) is 0.842. The maximum Gasteiger partial charge on any atom is 0.326 e. The Balaban J connectivity index is 2.40. The largest absolute Gasteiger partial charge is 0.490 e. The van der Waals surface area contributed by atoms with E-state index in [1.807, 2.05) is 0 Å². The van der Waals surface area contributed by atoms with E-state index in [4.69, 9.17) is 15.2 Å². The van der Waals surface area contributed by atoms with Gasteiger partial charge in [-0.2, -0.15) is 8.78 Å². The Morgan fingerprint density at radius 2 is 1.70 bits per heavy atom. The summed E-state index contributed by atoms with van der Waals surface area (Å²) >= 11 is 3.05. The van der Waals surface area contributed by atoms with E-state index in [0.717, 1.165) is 0 Å². The van der Waals surface area contributed by atoms with Gasteiger partial charge in [0, 0.05) is 10.9 Å². The Kier molecular flexibility index (Phi) is 4.43. The first-order chi connectivity index (χ1) is 9.34. The van der Waals surface area contributed by atoms with E-state index in [1.54, 1.807) is 0 Å². The molecule has 1 heterocycles. The molecule has 1 atom stereocenters. The second-order valence-corrected chi connectivity index (χ2v) is 5.18. The summed E-state index contributed by atoms with van der Waals surface area (Å²) in [5, 5.41) is 0. The minimum absolute atomic E-state index is 0.153. The average Bonchev–Trinajstić information content (AvgIpc) is 2.61. The SMILES string of the molecule is NC(c1cc2c(cc1Br)OCCCO2)C(F)(F)C(F)F. The molecular formula is C12H12BrF4NO2. The molecule has 3 nitrogen and oxygen atoms in total. The lowest BCUT2D eigenvalue weighted by Gasteiger charge is -2.24. The molecule has 1 aliphatic heterocycles. The number of halogens is 5. The van der Waals surface area contributed by atoms with Crippen molar-refractivity contribution in [3.63, 3.8) is 0 Å². The summed E-state index contributed by atoms with van der Waals surface area (Å²) in [4.78, 5) is 0. The van der Waals surface area contributed by atoms with Crippen LogP contribution in [0.15, 0.2) is 16.6 Å². The molecule has 0 aliphatic carbocycles. The lowest BCUT2D eigenvalue weighted by atomic mass is 10.0. The summed E-state index contributed by atoms with van der Waals surface area (Å²) in [5.74, 6) is -3.74. The summed E-state index contributed by atoms with van der Waals surface area (Å²) in [6.07, 6.45) is -3.21. The predicted molar refractivity (Wildman–Crippen MR) is 67.6 cm³/mol. The first-order valence-corrected chi connectivity index (χ1v) is 6.64. The van der Waals surface area contributed by atoms with E-state index in [9.17, 15) is 17.6 Å². The molecule has 2 N–H and O–H groups in total. The number of rotatable bonds is 3. The second-order valence-electron chi connectivity index (χ2n) is 4.32. The lowest BCUT2D eigenvalue weighted by Crippen LogP contribution is -2.39. The van der Waals surface area contributed by atoms with Crippen molar-refractivity contribution in [2.75, 3.05) is 13.2 Å². The molecule has 1 unspecified atom stereocenters. The number of alkyl halides is 4. The molecule has 0 aromatic heterocycles. The summed E-state index contributed by atoms with van der Waals surface area (Å²) < 4.78 is 62.3. The van der Waals surface area contributed by atoms with E-state index < -0.39 is 18.4 Å². The van der Waals surface area contributed by atoms with Crippen molar-refractivity contribution in [2.45, 2.75) is 24.8 Å². The molecule has 0 saturated heterocycles. The highest BCUT2D eigenvalue weighted by atomic mass is 79.9. The van der Waals surface area contributed by atoms with Crippen molar-refractivity contribution in [1.29, 1.82) is 0 Å². The summed E-state index contributed by atoms with van der Waals surface area (Å²) in [5.41, 5.74) is 5.14. The number of benzene rings is 1. The molecule has 0 amide bonds. The highest BCUT2D eigenvalue weighted by molar-refractivity contribution is 9.10. The van der Waals surface area contributed by atoms with Crippen LogP contribution in [0.2, 0.25) is 0 Å². The van der Waals surface area contributed by atoms with Gasteiger partial charge in [-0.15, -0.1) is 0 Å². The van der Waals surface area contributed by atoms with Gasteiger partial charge in [0.1, 0.15) is 6.04 Å². The van der Waals surface area contributed by atoms with E-state index in [1.165, 1.54) is 12.1 Å². The van der Waals surface area contributed by atoms with Crippen molar-refractivity contribution in [3.8, 4) is 11.5 Å². The lowest BCUT2D eigenvalue weighted by molar-refractivity contribution is -0.144. The van der Waals surface area contributed by atoms with Gasteiger partial charge in [-0.25, -0.2) is 8.78 Å². The van der Waals surface area contributed by atoms with Crippen LogP contribution < -0.4 is 15.2 Å². The molecule has 0 spiro atoms. The first kappa shape index (κ1) is 15.4. The van der Waals surface area contributed by atoms with Crippen molar-refractivity contribution >= 4 is 15.9 Å². The highest BCUT2D eigenvalue weighted by Gasteiger charge is 2.48. The molecule has 1 aromatic rings. The van der Waals surface area contributed by atoms with Crippen molar-refractivity contribution in [1.82, 2.24) is 0 Å². The number of hydrogen-bond acceptors (Lipinski definition) is 3. The maximum atomic E-state index is 13.4. The van der Waals surface area contributed by atoms with Crippen LogP contribution in [0.1, 0.15) is 18.0 Å². The topological polar surface area (TPSA) is 44.5 Å². The number of fused-ring (bicyclic) bond motifs is 1. The van der Waals surface area contributed by atoms with Crippen LogP contribution in [0, 0.1) is 0 Å². The Labute approximate surface area is 121 Å². The monoisotopic (exact) mass is 357 g/mol. The fourth-order valence-electron chi connectivity index (χ4n) is 1.78. The third-order valence-corrected chi connectivity index (χ3v) is 3.59. The third-order valence-electron chi connectivity index (χ3n) is 2.91. The van der Waals surface area contributed by atoms with Gasteiger partial charge < -0.3 is 15.2 Å². The minimum atomic E-state index is -4.33. The van der Waals surface area contributed by atoms with Crippen LogP contribution in [0.4, 0.5) is 17.6 Å². The molecule has 2 rings (SSSR count). The molecule has 8 heteroatoms. The van der Waals surface area contributed by atoms with Crippen LogP contribution in [0.3, 0.4) is 0 Å². The number of ether oxygens (including phenoxy) is 2. The van der Waals surface area contributed by atoms with Crippen LogP contribution in [0.25, 0.3) is 0 Å². The molecule has 1 aromatic carbocycles.